The molecule has 0 aromatic heterocycles. The molecule has 19 heavy (non-hydrogen) atoms. The average Bonchev–Trinajstić information content (AvgIpc) is 2.36. The van der Waals surface area contributed by atoms with E-state index in [9.17, 15) is 17.6 Å². The Morgan fingerprint density at radius 1 is 1.21 bits per heavy atom. The van der Waals surface area contributed by atoms with Crippen LogP contribution in [-0.2, 0) is 14.8 Å². The van der Waals surface area contributed by atoms with Crippen molar-refractivity contribution in [1.82, 2.24) is 10.0 Å². The molecular formula is C11H15FN2O4S. The lowest BCUT2D eigenvalue weighted by molar-refractivity contribution is -0.121. The van der Waals surface area contributed by atoms with Crippen LogP contribution in [0.25, 0.3) is 0 Å². The van der Waals surface area contributed by atoms with E-state index in [1.54, 1.807) is 0 Å². The van der Waals surface area contributed by atoms with Crippen LogP contribution in [0.4, 0.5) is 4.39 Å². The van der Waals surface area contributed by atoms with Crippen molar-refractivity contribution in [3.63, 3.8) is 0 Å². The molecule has 6 nitrogen and oxygen atoms in total. The number of hydrogen-bond donors (Lipinski definition) is 3. The summed E-state index contributed by atoms with van der Waals surface area (Å²) in [4.78, 5) is 11.1. The first-order chi connectivity index (χ1) is 8.95. The first-order valence-electron chi connectivity index (χ1n) is 5.58. The highest BCUT2D eigenvalue weighted by molar-refractivity contribution is 7.89. The fraction of sp³-hybridized carbons (Fsp3) is 0.364. The number of aliphatic hydroxyl groups is 1. The van der Waals surface area contributed by atoms with E-state index in [4.69, 9.17) is 5.11 Å². The Morgan fingerprint density at radius 3 is 2.42 bits per heavy atom. The molecular weight excluding hydrogens is 275 g/mol. The number of sulfonamides is 1. The van der Waals surface area contributed by atoms with E-state index in [0.717, 1.165) is 24.3 Å². The monoisotopic (exact) mass is 290 g/mol. The van der Waals surface area contributed by atoms with Crippen LogP contribution in [0.3, 0.4) is 0 Å². The first-order valence-corrected chi connectivity index (χ1v) is 7.07. The Balaban J connectivity index is 2.47. The lowest BCUT2D eigenvalue weighted by Crippen LogP contribution is -2.32. The van der Waals surface area contributed by atoms with Crippen molar-refractivity contribution in [2.24, 2.45) is 0 Å². The van der Waals surface area contributed by atoms with Gasteiger partial charge >= 0.3 is 0 Å². The van der Waals surface area contributed by atoms with Crippen LogP contribution >= 0.6 is 0 Å². The van der Waals surface area contributed by atoms with Gasteiger partial charge in [0, 0.05) is 19.5 Å². The average molecular weight is 290 g/mol. The molecule has 8 heteroatoms. The Hall–Kier alpha value is -1.51. The van der Waals surface area contributed by atoms with Gasteiger partial charge in [-0.2, -0.15) is 0 Å². The SMILES string of the molecule is O=C(CCNS(=O)(=O)c1ccc(F)cc1)NCCO. The summed E-state index contributed by atoms with van der Waals surface area (Å²) in [6.07, 6.45) is -0.0412. The summed E-state index contributed by atoms with van der Waals surface area (Å²) in [5.41, 5.74) is 0. The molecule has 0 unspecified atom stereocenters. The standard InChI is InChI=1S/C11H15FN2O4S/c12-9-1-3-10(4-2-9)19(17,18)14-6-5-11(16)13-7-8-15/h1-4,14-15H,5-8H2,(H,13,16). The molecule has 0 saturated carbocycles. The maximum atomic E-state index is 12.7. The van der Waals surface area contributed by atoms with Gasteiger partial charge in [-0.25, -0.2) is 17.5 Å². The van der Waals surface area contributed by atoms with E-state index < -0.39 is 15.8 Å². The number of nitrogens with one attached hydrogen (secondary N) is 2. The zero-order valence-corrected chi connectivity index (χ0v) is 10.9. The lowest BCUT2D eigenvalue weighted by Gasteiger charge is -2.07. The Kier molecular flexibility index (Phi) is 5.87. The van der Waals surface area contributed by atoms with Crippen LogP contribution in [0.15, 0.2) is 29.2 Å². The molecule has 0 bridgehead atoms. The second-order valence-corrected chi connectivity index (χ2v) is 5.44. The van der Waals surface area contributed by atoms with Crippen LogP contribution in [0.2, 0.25) is 0 Å². The van der Waals surface area contributed by atoms with E-state index in [1.807, 2.05) is 0 Å². The molecule has 1 aromatic carbocycles. The van der Waals surface area contributed by atoms with Crippen LogP contribution in [0.1, 0.15) is 6.42 Å². The third-order valence-corrected chi connectivity index (χ3v) is 3.68. The molecule has 0 spiro atoms. The van der Waals surface area contributed by atoms with Crippen molar-refractivity contribution in [3.8, 4) is 0 Å². The predicted octanol–water partition coefficient (Wildman–Crippen LogP) is -0.397. The minimum atomic E-state index is -3.74. The van der Waals surface area contributed by atoms with Crippen LogP contribution in [0.5, 0.6) is 0 Å². The Bertz CT molecular complexity index is 516. The van der Waals surface area contributed by atoms with E-state index in [1.165, 1.54) is 0 Å². The summed E-state index contributed by atoms with van der Waals surface area (Å²) in [5, 5.41) is 10.9. The van der Waals surface area contributed by atoms with E-state index in [2.05, 4.69) is 10.0 Å². The van der Waals surface area contributed by atoms with Gasteiger partial charge in [-0.05, 0) is 24.3 Å². The number of benzene rings is 1. The summed E-state index contributed by atoms with van der Waals surface area (Å²) in [6.45, 7) is -0.117. The molecule has 1 amide bonds. The fourth-order valence-electron chi connectivity index (χ4n) is 1.28. The summed E-state index contributed by atoms with van der Waals surface area (Å²) < 4.78 is 38.4. The van der Waals surface area contributed by atoms with Gasteiger partial charge in [0.25, 0.3) is 0 Å². The zero-order valence-electron chi connectivity index (χ0n) is 10.1. The first kappa shape index (κ1) is 15.5. The number of carbonyl (C=O) groups is 1. The summed E-state index contributed by atoms with van der Waals surface area (Å²) in [6, 6.07) is 4.37. The molecule has 3 N–H and O–H groups in total. The van der Waals surface area contributed by atoms with E-state index in [0.29, 0.717) is 0 Å². The molecule has 1 rings (SSSR count). The maximum Gasteiger partial charge on any atom is 0.240 e. The molecule has 0 radical (unpaired) electrons. The van der Waals surface area contributed by atoms with Gasteiger partial charge in [0.2, 0.25) is 15.9 Å². The lowest BCUT2D eigenvalue weighted by atomic mass is 10.4. The van der Waals surface area contributed by atoms with Crippen molar-refractivity contribution >= 4 is 15.9 Å². The quantitative estimate of drug-likeness (QED) is 0.637. The molecule has 106 valence electrons. The number of hydrogen-bond acceptors (Lipinski definition) is 4. The van der Waals surface area contributed by atoms with Crippen LogP contribution in [-0.4, -0.2) is 39.1 Å². The van der Waals surface area contributed by atoms with Gasteiger partial charge in [-0.3, -0.25) is 4.79 Å². The van der Waals surface area contributed by atoms with Crippen molar-refractivity contribution < 1.29 is 22.7 Å². The van der Waals surface area contributed by atoms with Crippen LogP contribution in [0, 0.1) is 5.82 Å². The van der Waals surface area contributed by atoms with Crippen molar-refractivity contribution in [3.05, 3.63) is 30.1 Å². The highest BCUT2D eigenvalue weighted by Crippen LogP contribution is 2.09. The van der Waals surface area contributed by atoms with Gasteiger partial charge in [-0.15, -0.1) is 0 Å². The minimum absolute atomic E-state index is 0.0412. The van der Waals surface area contributed by atoms with E-state index in [-0.39, 0.29) is 36.9 Å². The summed E-state index contributed by atoms with van der Waals surface area (Å²) in [5.74, 6) is -0.891. The smallest absolute Gasteiger partial charge is 0.240 e. The maximum absolute atomic E-state index is 12.7. The highest BCUT2D eigenvalue weighted by Gasteiger charge is 2.13. The Morgan fingerprint density at radius 2 is 1.84 bits per heavy atom. The number of amides is 1. The van der Waals surface area contributed by atoms with E-state index >= 15 is 0 Å². The molecule has 0 aliphatic carbocycles. The van der Waals surface area contributed by atoms with Gasteiger partial charge in [0.05, 0.1) is 11.5 Å². The van der Waals surface area contributed by atoms with Gasteiger partial charge in [-0.1, -0.05) is 0 Å². The third-order valence-electron chi connectivity index (χ3n) is 2.20. The molecule has 0 atom stereocenters. The molecule has 1 aromatic rings. The largest absolute Gasteiger partial charge is 0.395 e. The number of halogens is 1. The second kappa shape index (κ2) is 7.17. The minimum Gasteiger partial charge on any atom is -0.395 e. The zero-order chi connectivity index (χ0) is 14.3. The van der Waals surface area contributed by atoms with Gasteiger partial charge in [0.15, 0.2) is 0 Å². The molecule has 0 fully saturated rings. The molecule has 0 aliphatic rings. The number of carbonyl (C=O) groups excluding carboxylic acids is 1. The van der Waals surface area contributed by atoms with Crippen molar-refractivity contribution in [2.75, 3.05) is 19.7 Å². The van der Waals surface area contributed by atoms with Crippen LogP contribution < -0.4 is 10.0 Å². The fourth-order valence-corrected chi connectivity index (χ4v) is 2.31. The predicted molar refractivity (Wildman–Crippen MR) is 66.3 cm³/mol. The molecule has 0 heterocycles. The second-order valence-electron chi connectivity index (χ2n) is 3.68. The van der Waals surface area contributed by atoms with Gasteiger partial charge < -0.3 is 10.4 Å². The highest BCUT2D eigenvalue weighted by atomic mass is 32.2. The normalized spacial score (nSPS) is 11.3. The summed E-state index contributed by atoms with van der Waals surface area (Å²) >= 11 is 0. The third kappa shape index (κ3) is 5.33. The Labute approximate surface area is 110 Å². The van der Waals surface area contributed by atoms with Crippen molar-refractivity contribution in [1.29, 1.82) is 0 Å². The summed E-state index contributed by atoms with van der Waals surface area (Å²) in [7, 11) is -3.74. The molecule has 0 aliphatic heterocycles. The number of aliphatic hydroxyl groups excluding tert-OH is 1. The van der Waals surface area contributed by atoms with Gasteiger partial charge in [0.1, 0.15) is 5.82 Å². The topological polar surface area (TPSA) is 95.5 Å². The number of rotatable bonds is 7. The molecule has 0 saturated heterocycles. The van der Waals surface area contributed by atoms with Crippen molar-refractivity contribution in [2.45, 2.75) is 11.3 Å².